The lowest BCUT2D eigenvalue weighted by Crippen LogP contribution is -2.38. The summed E-state index contributed by atoms with van der Waals surface area (Å²) in [5.41, 5.74) is 1.41. The van der Waals surface area contributed by atoms with Gasteiger partial charge in [0, 0.05) is 13.2 Å². The quantitative estimate of drug-likeness (QED) is 0.520. The van der Waals surface area contributed by atoms with E-state index in [1.807, 2.05) is 0 Å². The Morgan fingerprint density at radius 3 is 1.62 bits per heavy atom. The molecule has 0 radical (unpaired) electrons. The maximum absolute atomic E-state index is 5.64. The summed E-state index contributed by atoms with van der Waals surface area (Å²) in [6.07, 6.45) is 12.2. The molecule has 0 aromatic rings. The van der Waals surface area contributed by atoms with Gasteiger partial charge in [-0.2, -0.15) is 0 Å². The van der Waals surface area contributed by atoms with Crippen LogP contribution in [0.4, 0.5) is 0 Å². The molecule has 170 valence electrons. The molecule has 3 aliphatic rings. The van der Waals surface area contributed by atoms with Gasteiger partial charge in [0.25, 0.3) is 0 Å². The molecule has 2 N–H and O–H groups in total. The lowest BCUT2D eigenvalue weighted by molar-refractivity contribution is 0.00937. The topological polar surface area (TPSA) is 33.3 Å². The fourth-order valence-electron chi connectivity index (χ4n) is 6.49. The second-order valence-corrected chi connectivity index (χ2v) is 12.2. The summed E-state index contributed by atoms with van der Waals surface area (Å²) in [7, 11) is 0. The second kappa shape index (κ2) is 10.0. The summed E-state index contributed by atoms with van der Waals surface area (Å²) in [6, 6.07) is 0. The molecule has 0 aromatic carbocycles. The van der Waals surface area contributed by atoms with Gasteiger partial charge < -0.3 is 15.4 Å². The zero-order valence-corrected chi connectivity index (χ0v) is 20.2. The third kappa shape index (κ3) is 6.20. The molecule has 0 spiro atoms. The number of piperidine rings is 1. The smallest absolute Gasteiger partial charge is 0.0468 e. The van der Waals surface area contributed by atoms with Crippen LogP contribution in [0.1, 0.15) is 92.4 Å². The van der Waals surface area contributed by atoms with E-state index < -0.39 is 0 Å². The minimum Gasteiger partial charge on any atom is -0.381 e. The van der Waals surface area contributed by atoms with E-state index >= 15 is 0 Å². The molecule has 0 aliphatic carbocycles. The Labute approximate surface area is 181 Å². The first-order valence-electron chi connectivity index (χ1n) is 12.7. The van der Waals surface area contributed by atoms with Crippen LogP contribution in [0.25, 0.3) is 0 Å². The molecule has 3 rings (SSSR count). The van der Waals surface area contributed by atoms with Crippen molar-refractivity contribution in [2.24, 2.45) is 34.0 Å². The molecule has 0 aromatic heterocycles. The second-order valence-electron chi connectivity index (χ2n) is 12.2. The fourth-order valence-corrected chi connectivity index (χ4v) is 6.49. The molecule has 3 heteroatoms. The first-order chi connectivity index (χ1) is 13.7. The molecular formula is C26H50N2O. The first-order valence-corrected chi connectivity index (χ1v) is 12.7. The van der Waals surface area contributed by atoms with Crippen molar-refractivity contribution in [3.05, 3.63) is 0 Å². The van der Waals surface area contributed by atoms with E-state index in [4.69, 9.17) is 4.74 Å². The SMILES string of the molecule is CC(C)(CCC(C)(CCC(C)(C)C1CCOCC1)C1CCNC1)C1CCNCC1. The molecule has 0 amide bonds. The molecule has 2 atom stereocenters. The predicted octanol–water partition coefficient (Wildman–Crippen LogP) is 5.64. The van der Waals surface area contributed by atoms with Gasteiger partial charge in [-0.15, -0.1) is 0 Å². The van der Waals surface area contributed by atoms with Crippen LogP contribution in [0.5, 0.6) is 0 Å². The van der Waals surface area contributed by atoms with Crippen LogP contribution >= 0.6 is 0 Å². The predicted molar refractivity (Wildman–Crippen MR) is 124 cm³/mol. The average Bonchev–Trinajstić information content (AvgIpc) is 3.28. The van der Waals surface area contributed by atoms with Crippen molar-refractivity contribution < 1.29 is 4.74 Å². The highest BCUT2D eigenvalue weighted by Crippen LogP contribution is 2.49. The highest BCUT2D eigenvalue weighted by Gasteiger charge is 2.41. The van der Waals surface area contributed by atoms with Gasteiger partial charge in [0.1, 0.15) is 0 Å². The zero-order chi connectivity index (χ0) is 21.0. The monoisotopic (exact) mass is 406 g/mol. The van der Waals surface area contributed by atoms with Crippen molar-refractivity contribution in [3.8, 4) is 0 Å². The summed E-state index contributed by atoms with van der Waals surface area (Å²) in [4.78, 5) is 0. The lowest BCUT2D eigenvalue weighted by Gasteiger charge is -2.44. The number of hydrogen-bond acceptors (Lipinski definition) is 3. The standard InChI is InChI=1S/C26H50N2O/c1-24(2,21-6-15-27-16-7-21)11-13-26(5,23-8-17-28-20-23)14-12-25(3,4)22-9-18-29-19-10-22/h21-23,27-28H,6-20H2,1-5H3. The van der Waals surface area contributed by atoms with Crippen molar-refractivity contribution in [1.29, 1.82) is 0 Å². The molecule has 3 nitrogen and oxygen atoms in total. The van der Waals surface area contributed by atoms with E-state index in [1.54, 1.807) is 0 Å². The average molecular weight is 407 g/mol. The molecule has 3 fully saturated rings. The van der Waals surface area contributed by atoms with Gasteiger partial charge >= 0.3 is 0 Å². The molecule has 3 saturated heterocycles. The Balaban J connectivity index is 1.62. The van der Waals surface area contributed by atoms with Crippen molar-refractivity contribution in [2.75, 3.05) is 39.4 Å². The largest absolute Gasteiger partial charge is 0.381 e. The van der Waals surface area contributed by atoms with E-state index in [9.17, 15) is 0 Å². The summed E-state index contributed by atoms with van der Waals surface area (Å²) in [5.74, 6) is 2.60. The van der Waals surface area contributed by atoms with Gasteiger partial charge in [-0.25, -0.2) is 0 Å². The first kappa shape index (κ1) is 23.5. The van der Waals surface area contributed by atoms with E-state index in [-0.39, 0.29) is 0 Å². The minimum absolute atomic E-state index is 0.446. The Kier molecular flexibility index (Phi) is 8.12. The highest BCUT2D eigenvalue weighted by molar-refractivity contribution is 4.93. The molecule has 0 saturated carbocycles. The van der Waals surface area contributed by atoms with Crippen molar-refractivity contribution in [3.63, 3.8) is 0 Å². The maximum atomic E-state index is 5.64. The summed E-state index contributed by atoms with van der Waals surface area (Å²) < 4.78 is 5.64. The molecule has 3 aliphatic heterocycles. The molecule has 3 heterocycles. The highest BCUT2D eigenvalue weighted by atomic mass is 16.5. The molecule has 0 bridgehead atoms. The van der Waals surface area contributed by atoms with E-state index in [2.05, 4.69) is 45.3 Å². The van der Waals surface area contributed by atoms with Crippen LogP contribution in [-0.2, 0) is 4.74 Å². The van der Waals surface area contributed by atoms with Crippen molar-refractivity contribution >= 4 is 0 Å². The third-order valence-electron chi connectivity index (χ3n) is 9.50. The third-order valence-corrected chi connectivity index (χ3v) is 9.50. The van der Waals surface area contributed by atoms with Gasteiger partial charge in [-0.1, -0.05) is 34.6 Å². The van der Waals surface area contributed by atoms with E-state index in [1.165, 1.54) is 84.0 Å². The summed E-state index contributed by atoms with van der Waals surface area (Å²) in [6.45, 7) is 19.7. The lowest BCUT2D eigenvalue weighted by atomic mass is 9.62. The van der Waals surface area contributed by atoms with Crippen molar-refractivity contribution in [2.45, 2.75) is 92.4 Å². The Hall–Kier alpha value is -0.120. The van der Waals surface area contributed by atoms with Gasteiger partial charge in [0.2, 0.25) is 0 Å². The van der Waals surface area contributed by atoms with Gasteiger partial charge in [-0.3, -0.25) is 0 Å². The summed E-state index contributed by atoms with van der Waals surface area (Å²) in [5, 5.41) is 7.23. The number of rotatable bonds is 9. The van der Waals surface area contributed by atoms with Crippen LogP contribution in [0.2, 0.25) is 0 Å². The molecular weight excluding hydrogens is 356 g/mol. The van der Waals surface area contributed by atoms with Gasteiger partial charge in [-0.05, 0) is 118 Å². The van der Waals surface area contributed by atoms with Crippen LogP contribution in [0, 0.1) is 34.0 Å². The van der Waals surface area contributed by atoms with Crippen LogP contribution in [0.15, 0.2) is 0 Å². The van der Waals surface area contributed by atoms with Gasteiger partial charge in [0.05, 0.1) is 0 Å². The zero-order valence-electron chi connectivity index (χ0n) is 20.2. The number of hydrogen-bond donors (Lipinski definition) is 2. The van der Waals surface area contributed by atoms with Gasteiger partial charge in [0.15, 0.2) is 0 Å². The molecule has 2 unspecified atom stereocenters. The molecule has 29 heavy (non-hydrogen) atoms. The minimum atomic E-state index is 0.446. The van der Waals surface area contributed by atoms with Crippen molar-refractivity contribution in [1.82, 2.24) is 10.6 Å². The van der Waals surface area contributed by atoms with E-state index in [0.29, 0.717) is 16.2 Å². The number of nitrogens with one attached hydrogen (secondary N) is 2. The number of ether oxygens (including phenoxy) is 1. The van der Waals surface area contributed by atoms with Crippen LogP contribution < -0.4 is 10.6 Å². The normalized spacial score (nSPS) is 27.8. The summed E-state index contributed by atoms with van der Waals surface area (Å²) >= 11 is 0. The van der Waals surface area contributed by atoms with E-state index in [0.717, 1.165) is 31.0 Å². The van der Waals surface area contributed by atoms with Crippen LogP contribution in [-0.4, -0.2) is 39.4 Å². The fraction of sp³-hybridized carbons (Fsp3) is 1.00. The van der Waals surface area contributed by atoms with Crippen LogP contribution in [0.3, 0.4) is 0 Å². The maximum Gasteiger partial charge on any atom is 0.0468 e. The Morgan fingerprint density at radius 2 is 1.10 bits per heavy atom. The Bertz CT molecular complexity index is 449. The Morgan fingerprint density at radius 1 is 0.621 bits per heavy atom.